The SMILES string of the molecule is C#CCn1nnnc1SCC1(C(=O)O)CS[C@@H]2C(NC(=O)C(=NOCC)c3csc(NC=O)n3)C(=O)N2C1. The average molecular weight is 580 g/mol. The highest BCUT2D eigenvalue weighted by atomic mass is 32.2. The minimum atomic E-state index is -1.26. The smallest absolute Gasteiger partial charge is 0.313 e. The van der Waals surface area contributed by atoms with Gasteiger partial charge < -0.3 is 25.5 Å². The van der Waals surface area contributed by atoms with Gasteiger partial charge in [0.05, 0.1) is 0 Å². The summed E-state index contributed by atoms with van der Waals surface area (Å²) >= 11 is 3.50. The van der Waals surface area contributed by atoms with E-state index in [0.29, 0.717) is 11.6 Å². The molecule has 0 spiro atoms. The van der Waals surface area contributed by atoms with E-state index in [4.69, 9.17) is 11.3 Å². The molecule has 0 saturated carbocycles. The van der Waals surface area contributed by atoms with Crippen LogP contribution in [0.15, 0.2) is 15.7 Å². The number of hydrogen-bond donors (Lipinski definition) is 3. The van der Waals surface area contributed by atoms with Gasteiger partial charge in [-0.2, -0.15) is 0 Å². The highest BCUT2D eigenvalue weighted by molar-refractivity contribution is 8.00. The molecule has 0 aromatic carbocycles. The van der Waals surface area contributed by atoms with Crippen molar-refractivity contribution in [1.82, 2.24) is 35.4 Å². The predicted molar refractivity (Wildman–Crippen MR) is 137 cm³/mol. The second-order valence-corrected chi connectivity index (χ2v) is 10.9. The number of fused-ring (bicyclic) bond motifs is 1. The highest BCUT2D eigenvalue weighted by Gasteiger charge is 2.57. The molecule has 18 heteroatoms. The summed E-state index contributed by atoms with van der Waals surface area (Å²) < 4.78 is 1.39. The van der Waals surface area contributed by atoms with Crippen molar-refractivity contribution < 1.29 is 29.1 Å². The molecule has 38 heavy (non-hydrogen) atoms. The molecule has 2 saturated heterocycles. The van der Waals surface area contributed by atoms with E-state index in [1.54, 1.807) is 6.92 Å². The monoisotopic (exact) mass is 579 g/mol. The second kappa shape index (κ2) is 11.8. The molecule has 2 aromatic rings. The molecule has 4 heterocycles. The number of carbonyl (C=O) groups excluding carboxylic acids is 3. The summed E-state index contributed by atoms with van der Waals surface area (Å²) in [6.07, 6.45) is 5.77. The number of carbonyl (C=O) groups is 4. The number of hydrogen-bond acceptors (Lipinski definition) is 13. The zero-order valence-electron chi connectivity index (χ0n) is 19.8. The minimum absolute atomic E-state index is 0.0401. The van der Waals surface area contributed by atoms with Crippen molar-refractivity contribution in [3.05, 3.63) is 11.1 Å². The van der Waals surface area contributed by atoms with Crippen molar-refractivity contribution in [2.45, 2.75) is 30.0 Å². The topological polar surface area (TPSA) is 194 Å². The molecule has 2 aliphatic heterocycles. The molecule has 3 amide bonds. The summed E-state index contributed by atoms with van der Waals surface area (Å²) in [7, 11) is 0. The van der Waals surface area contributed by atoms with Crippen LogP contribution in [0.25, 0.3) is 0 Å². The molecule has 2 aliphatic rings. The van der Waals surface area contributed by atoms with Gasteiger partial charge in [0, 0.05) is 23.4 Å². The molecule has 15 nitrogen and oxygen atoms in total. The minimum Gasteiger partial charge on any atom is -0.481 e. The lowest BCUT2D eigenvalue weighted by Gasteiger charge is -2.53. The van der Waals surface area contributed by atoms with E-state index in [1.165, 1.54) is 26.7 Å². The Hall–Kier alpha value is -3.69. The number of carboxylic acid groups (broad SMARTS) is 1. The molecule has 2 aromatic heterocycles. The van der Waals surface area contributed by atoms with Gasteiger partial charge in [0.25, 0.3) is 5.91 Å². The maximum absolute atomic E-state index is 13.0. The van der Waals surface area contributed by atoms with E-state index in [9.17, 15) is 24.3 Å². The molecule has 3 atom stereocenters. The van der Waals surface area contributed by atoms with Crippen LogP contribution in [0.4, 0.5) is 5.13 Å². The summed E-state index contributed by atoms with van der Waals surface area (Å²) in [5, 5.41) is 31.9. The number of anilines is 1. The third-order valence-electron chi connectivity index (χ3n) is 5.53. The second-order valence-electron chi connectivity index (χ2n) is 7.97. The number of carboxylic acids is 1. The van der Waals surface area contributed by atoms with Crippen molar-refractivity contribution in [2.75, 3.05) is 30.0 Å². The van der Waals surface area contributed by atoms with Crippen LogP contribution in [0.5, 0.6) is 0 Å². The number of nitrogens with one attached hydrogen (secondary N) is 2. The predicted octanol–water partition coefficient (Wildman–Crippen LogP) is -0.665. The number of thioether (sulfide) groups is 2. The number of amides is 3. The van der Waals surface area contributed by atoms with Crippen LogP contribution in [-0.2, 0) is 30.6 Å². The van der Waals surface area contributed by atoms with Gasteiger partial charge in [-0.1, -0.05) is 22.8 Å². The maximum Gasteiger partial charge on any atom is 0.313 e. The molecule has 0 bridgehead atoms. The fourth-order valence-electron chi connectivity index (χ4n) is 3.64. The molecule has 3 N–H and O–H groups in total. The number of oxime groups is 1. The first-order valence-corrected chi connectivity index (χ1v) is 13.9. The number of β-lactam (4-membered cyclic amide) rings is 1. The van der Waals surface area contributed by atoms with Gasteiger partial charge >= 0.3 is 5.97 Å². The molecule has 2 fully saturated rings. The average Bonchev–Trinajstić information content (AvgIpc) is 3.56. The van der Waals surface area contributed by atoms with Gasteiger partial charge in [0.1, 0.15) is 35.7 Å². The fourth-order valence-corrected chi connectivity index (χ4v) is 7.03. The Morgan fingerprint density at radius 1 is 1.50 bits per heavy atom. The van der Waals surface area contributed by atoms with E-state index in [-0.39, 0.29) is 47.7 Å². The first kappa shape index (κ1) is 27.3. The molecular formula is C20H21N9O6S3. The lowest BCUT2D eigenvalue weighted by Crippen LogP contribution is -2.74. The van der Waals surface area contributed by atoms with Crippen LogP contribution >= 0.6 is 34.9 Å². The van der Waals surface area contributed by atoms with E-state index in [0.717, 1.165) is 23.1 Å². The first-order chi connectivity index (χ1) is 18.3. The third kappa shape index (κ3) is 5.44. The number of thiazole rings is 1. The van der Waals surface area contributed by atoms with Crippen molar-refractivity contribution in [3.63, 3.8) is 0 Å². The fraction of sp³-hybridized carbons (Fsp3) is 0.450. The number of nitrogens with zero attached hydrogens (tertiary/aromatic N) is 7. The number of terminal acetylenes is 1. The number of rotatable bonds is 12. The lowest BCUT2D eigenvalue weighted by molar-refractivity contribution is -0.157. The van der Waals surface area contributed by atoms with E-state index >= 15 is 0 Å². The normalized spacial score (nSPS) is 22.6. The van der Waals surface area contributed by atoms with Gasteiger partial charge in [-0.05, 0) is 17.4 Å². The Morgan fingerprint density at radius 3 is 3.03 bits per heavy atom. The van der Waals surface area contributed by atoms with E-state index in [2.05, 4.69) is 42.2 Å². The standard InChI is InChI=1S/C20H21N9O6S3/c1-3-5-29-19(24-26-27-29)38-9-20(17(33)34)7-28-15(32)13(16(28)37-8-20)23-14(31)12(25-35-4-2)11-6-36-18(22-11)21-10-30/h1,6,10,13,16H,4-5,7-9H2,2H3,(H,23,31)(H,33,34)(H,21,22,30)/t13?,16-,20?/m1/s1. The molecule has 200 valence electrons. The Bertz CT molecular complexity index is 1310. The molecule has 4 rings (SSSR count). The van der Waals surface area contributed by atoms with Gasteiger partial charge in [-0.25, -0.2) is 9.67 Å². The molecule has 2 unspecified atom stereocenters. The third-order valence-corrected chi connectivity index (χ3v) is 9.14. The number of tetrazole rings is 1. The number of aromatic nitrogens is 5. The Labute approximate surface area is 228 Å². The van der Waals surface area contributed by atoms with Crippen LogP contribution in [0.1, 0.15) is 12.6 Å². The van der Waals surface area contributed by atoms with Gasteiger partial charge in [-0.15, -0.1) is 34.6 Å². The van der Waals surface area contributed by atoms with E-state index < -0.39 is 34.6 Å². The molecule has 0 aliphatic carbocycles. The lowest BCUT2D eigenvalue weighted by atomic mass is 9.89. The zero-order valence-corrected chi connectivity index (χ0v) is 22.2. The Balaban J connectivity index is 1.43. The van der Waals surface area contributed by atoms with Crippen LogP contribution in [0, 0.1) is 17.8 Å². The van der Waals surface area contributed by atoms with Crippen LogP contribution in [0.2, 0.25) is 0 Å². The van der Waals surface area contributed by atoms with Gasteiger partial charge in [0.2, 0.25) is 17.5 Å². The van der Waals surface area contributed by atoms with Crippen LogP contribution < -0.4 is 10.6 Å². The molecule has 0 radical (unpaired) electrons. The summed E-state index contributed by atoms with van der Waals surface area (Å²) in [4.78, 5) is 59.6. The Kier molecular flexibility index (Phi) is 8.48. The zero-order chi connectivity index (χ0) is 27.3. The Morgan fingerprint density at radius 2 is 2.32 bits per heavy atom. The van der Waals surface area contributed by atoms with Gasteiger partial charge in [-0.3, -0.25) is 19.2 Å². The number of aliphatic carboxylic acids is 1. The summed E-state index contributed by atoms with van der Waals surface area (Å²) in [5.74, 6) is 0.574. The van der Waals surface area contributed by atoms with E-state index in [1.807, 2.05) is 0 Å². The largest absolute Gasteiger partial charge is 0.481 e. The van der Waals surface area contributed by atoms with Crippen molar-refractivity contribution >= 4 is 69.9 Å². The summed E-state index contributed by atoms with van der Waals surface area (Å²) in [6, 6.07) is -0.882. The maximum atomic E-state index is 13.0. The quantitative estimate of drug-likeness (QED) is 0.0718. The molecular weight excluding hydrogens is 558 g/mol. The van der Waals surface area contributed by atoms with Crippen molar-refractivity contribution in [2.24, 2.45) is 10.6 Å². The van der Waals surface area contributed by atoms with Crippen molar-refractivity contribution in [3.8, 4) is 12.3 Å². The summed E-state index contributed by atoms with van der Waals surface area (Å²) in [5.41, 5.74) is -1.25. The van der Waals surface area contributed by atoms with Crippen LogP contribution in [-0.4, -0.2) is 101 Å². The van der Waals surface area contributed by atoms with Gasteiger partial charge in [0.15, 0.2) is 10.8 Å². The summed E-state index contributed by atoms with van der Waals surface area (Å²) in [6.45, 7) is 1.98. The van der Waals surface area contributed by atoms with Crippen LogP contribution in [0.3, 0.4) is 0 Å². The highest BCUT2D eigenvalue weighted by Crippen LogP contribution is 2.44. The van der Waals surface area contributed by atoms with Crippen molar-refractivity contribution in [1.29, 1.82) is 0 Å². The first-order valence-electron chi connectivity index (χ1n) is 11.0.